The first-order chi connectivity index (χ1) is 19.6. The Morgan fingerprint density at radius 3 is 2.50 bits per heavy atom. The van der Waals surface area contributed by atoms with Crippen LogP contribution in [0.3, 0.4) is 0 Å². The second kappa shape index (κ2) is 9.12. The van der Waals surface area contributed by atoms with Crippen LogP contribution in [0.25, 0.3) is 0 Å². The van der Waals surface area contributed by atoms with Crippen molar-refractivity contribution < 1.29 is 44.9 Å². The molecule has 42 heavy (non-hydrogen) atoms. The van der Waals surface area contributed by atoms with Crippen molar-refractivity contribution in [2.75, 3.05) is 13.1 Å². The first kappa shape index (κ1) is 29.8. The Morgan fingerprint density at radius 2 is 1.81 bits per heavy atom. The van der Waals surface area contributed by atoms with Crippen LogP contribution in [0.2, 0.25) is 0 Å². The Hall–Kier alpha value is -0.850. The monoisotopic (exact) mass is 593 g/mol. The van der Waals surface area contributed by atoms with Crippen LogP contribution in [0.15, 0.2) is 0 Å². The van der Waals surface area contributed by atoms with Crippen LogP contribution in [0, 0.1) is 46.8 Å². The molecule has 0 aromatic rings. The van der Waals surface area contributed by atoms with Gasteiger partial charge in [0, 0.05) is 42.3 Å². The van der Waals surface area contributed by atoms with Crippen LogP contribution in [0.5, 0.6) is 0 Å². The fraction of sp³-hybridized carbons (Fsp3) is 0.969. The van der Waals surface area contributed by atoms with E-state index in [0.717, 1.165) is 19.4 Å². The third-order valence-electron chi connectivity index (χ3n) is 14.1. The summed E-state index contributed by atoms with van der Waals surface area (Å²) in [7, 11) is 0. The molecule has 4 bridgehead atoms. The molecule has 4 aliphatic carbocycles. The Morgan fingerprint density at radius 1 is 1.10 bits per heavy atom. The van der Waals surface area contributed by atoms with Gasteiger partial charge in [-0.3, -0.25) is 9.69 Å². The molecule has 1 spiro atoms. The largest absolute Gasteiger partial charge is 0.456 e. The summed E-state index contributed by atoms with van der Waals surface area (Å²) in [5, 5.41) is 72.3. The highest BCUT2D eigenvalue weighted by Crippen LogP contribution is 2.77. The van der Waals surface area contributed by atoms with E-state index in [9.17, 15) is 35.4 Å². The highest BCUT2D eigenvalue weighted by Gasteiger charge is 2.86. The molecule has 3 heterocycles. The Bertz CT molecular complexity index is 1140. The zero-order valence-electron chi connectivity index (χ0n) is 25.6. The molecule has 7 aliphatic rings. The van der Waals surface area contributed by atoms with Gasteiger partial charge in [0.25, 0.3) is 0 Å². The lowest BCUT2D eigenvalue weighted by atomic mass is 9.49. The van der Waals surface area contributed by atoms with Gasteiger partial charge in [-0.1, -0.05) is 27.7 Å². The van der Waals surface area contributed by atoms with E-state index in [4.69, 9.17) is 9.47 Å². The fourth-order valence-electron chi connectivity index (χ4n) is 11.9. The quantitative estimate of drug-likeness (QED) is 0.258. The summed E-state index contributed by atoms with van der Waals surface area (Å²) in [6.45, 7) is 11.0. The lowest BCUT2D eigenvalue weighted by Crippen LogP contribution is -2.77. The summed E-state index contributed by atoms with van der Waals surface area (Å²) in [4.78, 5) is 15.7. The minimum atomic E-state index is -1.87. The lowest BCUT2D eigenvalue weighted by molar-refractivity contribution is -0.299. The summed E-state index contributed by atoms with van der Waals surface area (Å²) in [5.74, 6) is -5.58. The van der Waals surface area contributed by atoms with Gasteiger partial charge in [-0.2, -0.15) is 0 Å². The highest BCUT2D eigenvalue weighted by molar-refractivity contribution is 5.72. The fourth-order valence-corrected chi connectivity index (χ4v) is 11.9. The molecule has 10 heteroatoms. The second-order valence-corrected chi connectivity index (χ2v) is 16.0. The molecule has 0 aromatic heterocycles. The number of nitrogens with zero attached hydrogens (tertiary/aromatic N) is 1. The van der Waals surface area contributed by atoms with E-state index in [1.54, 1.807) is 13.8 Å². The number of rotatable bonds is 3. The lowest BCUT2D eigenvalue weighted by Gasteiger charge is -2.64. The molecule has 10 nitrogen and oxygen atoms in total. The van der Waals surface area contributed by atoms with E-state index in [1.165, 1.54) is 0 Å². The Labute approximate surface area is 248 Å². The maximum absolute atomic E-state index is 13.4. The van der Waals surface area contributed by atoms with Crippen molar-refractivity contribution in [2.24, 2.45) is 46.8 Å². The molecule has 3 saturated heterocycles. The number of hydrogen-bond acceptors (Lipinski definition) is 10. The molecule has 3 aliphatic heterocycles. The molecule has 0 amide bonds. The normalized spacial score (nSPS) is 60.6. The average molecular weight is 594 g/mol. The predicted molar refractivity (Wildman–Crippen MR) is 149 cm³/mol. The molecule has 6 N–H and O–H groups in total. The van der Waals surface area contributed by atoms with Crippen molar-refractivity contribution >= 4 is 5.97 Å². The van der Waals surface area contributed by atoms with Crippen LogP contribution < -0.4 is 0 Å². The number of ether oxygens (including phenoxy) is 2. The smallest absolute Gasteiger partial charge is 0.309 e. The molecule has 17 atom stereocenters. The number of carbonyl (C=O) groups is 1. The molecule has 7 rings (SSSR count). The SMILES string of the molecule is CCC(C)C(=O)O[C@H]1[C@H](O)C2[C@@H](CN3C[C@@H](C)CCC3[C@@]2(C)O)C2C[C@@]34O[C@@]5(O)C(C[C@@H](O)C3[C@@]21O)[C@]4(C)CC[C@@H]5O. The minimum Gasteiger partial charge on any atom is -0.456 e. The van der Waals surface area contributed by atoms with Gasteiger partial charge in [0.2, 0.25) is 0 Å². The number of fused-ring (bicyclic) bond motifs is 5. The van der Waals surface area contributed by atoms with Crippen molar-refractivity contribution in [3.8, 4) is 0 Å². The summed E-state index contributed by atoms with van der Waals surface area (Å²) in [6, 6.07) is -0.172. The number of piperidine rings is 2. The van der Waals surface area contributed by atoms with Gasteiger partial charge in [-0.05, 0) is 69.6 Å². The molecular formula is C32H51NO9. The molecule has 0 radical (unpaired) electrons. The topological polar surface area (TPSA) is 160 Å². The number of aliphatic hydroxyl groups excluding tert-OH is 3. The Kier molecular flexibility index (Phi) is 6.48. The standard InChI is InChI=1S/C32H51NO9/c1-6-16(3)27(37)41-26-24(36)23-17(14-33-13-15(2)7-8-21(33)29(23,5)38)18-12-30-25(31(18,26)39)19(34)11-20-28(30,4)10-9-22(35)32(20,40)42-30/h15-26,34-36,38-40H,6-14H2,1-5H3/t15-,16?,17-,18?,19+,20?,21?,22-,23?,24+,25?,26-,28-,29+,30+,31-,32-/m0/s1. The molecule has 238 valence electrons. The number of aliphatic hydroxyl groups is 6. The van der Waals surface area contributed by atoms with Gasteiger partial charge in [0.1, 0.15) is 11.7 Å². The zero-order valence-corrected chi connectivity index (χ0v) is 25.6. The van der Waals surface area contributed by atoms with Crippen molar-refractivity contribution in [1.29, 1.82) is 0 Å². The van der Waals surface area contributed by atoms with Crippen LogP contribution in [0.1, 0.15) is 79.6 Å². The molecule has 6 unspecified atom stereocenters. The van der Waals surface area contributed by atoms with Gasteiger partial charge >= 0.3 is 5.97 Å². The number of carbonyl (C=O) groups excluding carboxylic acids is 1. The van der Waals surface area contributed by atoms with Crippen LogP contribution in [0.4, 0.5) is 0 Å². The van der Waals surface area contributed by atoms with Gasteiger partial charge in [-0.15, -0.1) is 0 Å². The average Bonchev–Trinajstić information content (AvgIpc) is 3.21. The van der Waals surface area contributed by atoms with E-state index in [1.807, 2.05) is 13.8 Å². The molecule has 0 aromatic carbocycles. The van der Waals surface area contributed by atoms with Gasteiger partial charge in [-0.25, -0.2) is 0 Å². The van der Waals surface area contributed by atoms with Crippen molar-refractivity contribution in [3.05, 3.63) is 0 Å². The van der Waals surface area contributed by atoms with Crippen LogP contribution in [-0.2, 0) is 14.3 Å². The highest BCUT2D eigenvalue weighted by atomic mass is 16.7. The van der Waals surface area contributed by atoms with Gasteiger partial charge in [0.15, 0.2) is 11.9 Å². The van der Waals surface area contributed by atoms with Crippen LogP contribution in [-0.4, -0.2) is 108 Å². The number of esters is 1. The van der Waals surface area contributed by atoms with E-state index in [0.29, 0.717) is 31.7 Å². The van der Waals surface area contributed by atoms with E-state index in [-0.39, 0.29) is 24.8 Å². The first-order valence-corrected chi connectivity index (χ1v) is 16.4. The third kappa shape index (κ3) is 3.36. The maximum Gasteiger partial charge on any atom is 0.309 e. The molecule has 4 saturated carbocycles. The summed E-state index contributed by atoms with van der Waals surface area (Å²) in [6.07, 6.45) is -1.47. The van der Waals surface area contributed by atoms with Crippen LogP contribution >= 0.6 is 0 Å². The Balaban J connectivity index is 1.39. The van der Waals surface area contributed by atoms with Crippen molar-refractivity contribution in [3.63, 3.8) is 0 Å². The second-order valence-electron chi connectivity index (χ2n) is 16.0. The first-order valence-electron chi connectivity index (χ1n) is 16.4. The van der Waals surface area contributed by atoms with E-state index < -0.39 is 88.0 Å². The van der Waals surface area contributed by atoms with Crippen molar-refractivity contribution in [1.82, 2.24) is 4.90 Å². The summed E-state index contributed by atoms with van der Waals surface area (Å²) >= 11 is 0. The van der Waals surface area contributed by atoms with Crippen molar-refractivity contribution in [2.45, 2.75) is 133 Å². The van der Waals surface area contributed by atoms with E-state index in [2.05, 4.69) is 11.8 Å². The maximum atomic E-state index is 13.4. The summed E-state index contributed by atoms with van der Waals surface area (Å²) in [5.41, 5.74) is -5.07. The third-order valence-corrected chi connectivity index (χ3v) is 14.1. The summed E-state index contributed by atoms with van der Waals surface area (Å²) < 4.78 is 12.8. The van der Waals surface area contributed by atoms with E-state index >= 15 is 0 Å². The molecule has 7 fully saturated rings. The minimum absolute atomic E-state index is 0.116. The zero-order chi connectivity index (χ0) is 30.4. The predicted octanol–water partition coefficient (Wildman–Crippen LogP) is 0.783. The molecular weight excluding hydrogens is 542 g/mol. The van der Waals surface area contributed by atoms with Gasteiger partial charge in [0.05, 0.1) is 29.3 Å². The number of hydrogen-bond donors (Lipinski definition) is 6. The van der Waals surface area contributed by atoms with Gasteiger partial charge < -0.3 is 40.1 Å².